The number of pyridine rings is 1. The molecule has 3 rings (SSSR count). The number of carbonyl (C=O) groups is 2. The van der Waals surface area contributed by atoms with E-state index in [9.17, 15) is 9.59 Å². The summed E-state index contributed by atoms with van der Waals surface area (Å²) in [7, 11) is 0. The number of imidazole rings is 1. The minimum atomic E-state index is -0.511. The van der Waals surface area contributed by atoms with Crippen molar-refractivity contribution in [3.63, 3.8) is 0 Å². The summed E-state index contributed by atoms with van der Waals surface area (Å²) in [5.74, 6) is -0.212. The van der Waals surface area contributed by atoms with Gasteiger partial charge in [-0.15, -0.1) is 0 Å². The second kappa shape index (κ2) is 7.33. The predicted octanol–water partition coefficient (Wildman–Crippen LogP) is 1.51. The Hall–Kier alpha value is -2.90. The van der Waals surface area contributed by atoms with Gasteiger partial charge in [0, 0.05) is 31.5 Å². The van der Waals surface area contributed by atoms with Gasteiger partial charge in [0.2, 0.25) is 0 Å². The number of nitrogen functional groups attached to an aromatic ring is 1. The first kappa shape index (κ1) is 16.9. The first-order chi connectivity index (χ1) is 12.1. The standard InChI is InChI=1S/C17H21N5O3/c1-2-25-17(24)14-15(18)22(11-20-14)13-5-8-21(9-6-13)16(23)12-4-3-7-19-10-12/h3-4,7,10-11,13H,2,5-6,8-9,18H2,1H3. The number of piperidine rings is 1. The quantitative estimate of drug-likeness (QED) is 0.844. The second-order valence-corrected chi connectivity index (χ2v) is 5.87. The van der Waals surface area contributed by atoms with Crippen molar-refractivity contribution in [3.05, 3.63) is 42.1 Å². The lowest BCUT2D eigenvalue weighted by Gasteiger charge is -2.33. The first-order valence-electron chi connectivity index (χ1n) is 8.30. The molecule has 0 aliphatic carbocycles. The number of amides is 1. The van der Waals surface area contributed by atoms with E-state index in [1.807, 2.05) is 4.90 Å². The minimum Gasteiger partial charge on any atom is -0.461 e. The molecular formula is C17H21N5O3. The molecule has 0 bridgehead atoms. The summed E-state index contributed by atoms with van der Waals surface area (Å²) in [4.78, 5) is 34.2. The number of nitrogens with two attached hydrogens (primary N) is 1. The smallest absolute Gasteiger partial charge is 0.360 e. The van der Waals surface area contributed by atoms with E-state index >= 15 is 0 Å². The van der Waals surface area contributed by atoms with Crippen LogP contribution in [-0.2, 0) is 4.74 Å². The van der Waals surface area contributed by atoms with Gasteiger partial charge in [-0.25, -0.2) is 9.78 Å². The topological polar surface area (TPSA) is 103 Å². The Bertz CT molecular complexity index is 751. The molecule has 25 heavy (non-hydrogen) atoms. The molecule has 2 aromatic rings. The van der Waals surface area contributed by atoms with Crippen molar-refractivity contribution in [2.24, 2.45) is 0 Å². The van der Waals surface area contributed by atoms with Gasteiger partial charge in [-0.1, -0.05) is 0 Å². The molecule has 0 unspecified atom stereocenters. The van der Waals surface area contributed by atoms with Gasteiger partial charge in [0.05, 0.1) is 18.5 Å². The maximum atomic E-state index is 12.5. The van der Waals surface area contributed by atoms with Crippen molar-refractivity contribution < 1.29 is 14.3 Å². The number of hydrogen-bond acceptors (Lipinski definition) is 6. The average Bonchev–Trinajstić information content (AvgIpc) is 3.04. The lowest BCUT2D eigenvalue weighted by molar-refractivity contribution is 0.0521. The Morgan fingerprint density at radius 2 is 2.12 bits per heavy atom. The molecule has 1 fully saturated rings. The fourth-order valence-corrected chi connectivity index (χ4v) is 3.04. The van der Waals surface area contributed by atoms with Crippen LogP contribution < -0.4 is 5.73 Å². The van der Waals surface area contributed by atoms with Gasteiger partial charge >= 0.3 is 5.97 Å². The highest BCUT2D eigenvalue weighted by atomic mass is 16.5. The van der Waals surface area contributed by atoms with E-state index < -0.39 is 5.97 Å². The predicted molar refractivity (Wildman–Crippen MR) is 91.0 cm³/mol. The number of aromatic nitrogens is 3. The van der Waals surface area contributed by atoms with E-state index in [-0.39, 0.29) is 24.2 Å². The molecule has 0 radical (unpaired) electrons. The first-order valence-corrected chi connectivity index (χ1v) is 8.30. The molecule has 0 saturated carbocycles. The zero-order valence-electron chi connectivity index (χ0n) is 14.1. The van der Waals surface area contributed by atoms with Crippen molar-refractivity contribution in [1.29, 1.82) is 0 Å². The summed E-state index contributed by atoms with van der Waals surface area (Å²) < 4.78 is 6.76. The molecule has 0 atom stereocenters. The van der Waals surface area contributed by atoms with Gasteiger partial charge in [-0.2, -0.15) is 0 Å². The highest BCUT2D eigenvalue weighted by Gasteiger charge is 2.27. The Morgan fingerprint density at radius 1 is 1.36 bits per heavy atom. The Kier molecular flexibility index (Phi) is 4.97. The molecule has 1 aliphatic rings. The molecule has 0 aromatic carbocycles. The lowest BCUT2D eigenvalue weighted by atomic mass is 10.0. The Labute approximate surface area is 145 Å². The average molecular weight is 343 g/mol. The fourth-order valence-electron chi connectivity index (χ4n) is 3.04. The van der Waals surface area contributed by atoms with E-state index in [0.29, 0.717) is 24.5 Å². The van der Waals surface area contributed by atoms with Crippen LogP contribution >= 0.6 is 0 Å². The van der Waals surface area contributed by atoms with E-state index in [1.54, 1.807) is 42.3 Å². The molecule has 3 heterocycles. The van der Waals surface area contributed by atoms with Crippen molar-refractivity contribution in [2.45, 2.75) is 25.8 Å². The number of carbonyl (C=O) groups excluding carboxylic acids is 2. The molecule has 1 amide bonds. The van der Waals surface area contributed by atoms with Crippen LogP contribution in [0.25, 0.3) is 0 Å². The van der Waals surface area contributed by atoms with E-state index in [4.69, 9.17) is 10.5 Å². The zero-order chi connectivity index (χ0) is 17.8. The number of rotatable bonds is 4. The van der Waals surface area contributed by atoms with Gasteiger partial charge in [0.25, 0.3) is 5.91 Å². The third-order valence-electron chi connectivity index (χ3n) is 4.35. The molecule has 2 N–H and O–H groups in total. The van der Waals surface area contributed by atoms with Crippen LogP contribution in [0.3, 0.4) is 0 Å². The number of esters is 1. The number of hydrogen-bond donors (Lipinski definition) is 1. The third-order valence-corrected chi connectivity index (χ3v) is 4.35. The molecule has 1 aliphatic heterocycles. The number of ether oxygens (including phenoxy) is 1. The van der Waals surface area contributed by atoms with Crippen molar-refractivity contribution in [2.75, 3.05) is 25.4 Å². The van der Waals surface area contributed by atoms with E-state index in [2.05, 4.69) is 9.97 Å². The summed E-state index contributed by atoms with van der Waals surface area (Å²) in [6.07, 6.45) is 6.29. The SMILES string of the molecule is CCOC(=O)c1ncn(C2CCN(C(=O)c3cccnc3)CC2)c1N. The number of anilines is 1. The Morgan fingerprint density at radius 3 is 2.76 bits per heavy atom. The molecule has 1 saturated heterocycles. The van der Waals surface area contributed by atoms with Crippen molar-refractivity contribution in [3.8, 4) is 0 Å². The lowest BCUT2D eigenvalue weighted by Crippen LogP contribution is -2.39. The largest absolute Gasteiger partial charge is 0.461 e. The monoisotopic (exact) mass is 343 g/mol. The van der Waals surface area contributed by atoms with Crippen LogP contribution in [0, 0.1) is 0 Å². The van der Waals surface area contributed by atoms with Gasteiger partial charge in [0.1, 0.15) is 5.82 Å². The summed E-state index contributed by atoms with van der Waals surface area (Å²) >= 11 is 0. The maximum Gasteiger partial charge on any atom is 0.360 e. The van der Waals surface area contributed by atoms with Gasteiger partial charge in [-0.05, 0) is 31.9 Å². The summed E-state index contributed by atoms with van der Waals surface area (Å²) in [6, 6.07) is 3.62. The van der Waals surface area contributed by atoms with E-state index in [1.165, 1.54) is 0 Å². The second-order valence-electron chi connectivity index (χ2n) is 5.87. The zero-order valence-corrected chi connectivity index (χ0v) is 14.1. The molecule has 8 heteroatoms. The Balaban J connectivity index is 1.65. The number of nitrogens with zero attached hydrogens (tertiary/aromatic N) is 4. The van der Waals surface area contributed by atoms with Crippen LogP contribution in [-0.4, -0.2) is 51.0 Å². The highest BCUT2D eigenvalue weighted by Crippen LogP contribution is 2.27. The van der Waals surface area contributed by atoms with Gasteiger partial charge < -0.3 is 19.9 Å². The van der Waals surface area contributed by atoms with Crippen LogP contribution in [0.1, 0.15) is 46.7 Å². The van der Waals surface area contributed by atoms with Crippen LogP contribution in [0.5, 0.6) is 0 Å². The van der Waals surface area contributed by atoms with Crippen molar-refractivity contribution in [1.82, 2.24) is 19.4 Å². The molecule has 0 spiro atoms. The van der Waals surface area contributed by atoms with Crippen LogP contribution in [0.15, 0.2) is 30.9 Å². The van der Waals surface area contributed by atoms with Crippen LogP contribution in [0.4, 0.5) is 5.82 Å². The van der Waals surface area contributed by atoms with Gasteiger partial charge in [0.15, 0.2) is 5.69 Å². The molecular weight excluding hydrogens is 322 g/mol. The summed E-state index contributed by atoms with van der Waals surface area (Å²) in [5, 5.41) is 0. The molecule has 8 nitrogen and oxygen atoms in total. The molecule has 132 valence electrons. The van der Waals surface area contributed by atoms with Gasteiger partial charge in [-0.3, -0.25) is 9.78 Å². The third kappa shape index (κ3) is 3.47. The number of likely N-dealkylation sites (tertiary alicyclic amines) is 1. The molecule has 2 aromatic heterocycles. The van der Waals surface area contributed by atoms with Crippen LogP contribution in [0.2, 0.25) is 0 Å². The maximum absolute atomic E-state index is 12.5. The fraction of sp³-hybridized carbons (Fsp3) is 0.412. The summed E-state index contributed by atoms with van der Waals surface area (Å²) in [6.45, 7) is 3.25. The summed E-state index contributed by atoms with van der Waals surface area (Å²) in [5.41, 5.74) is 6.80. The highest BCUT2D eigenvalue weighted by molar-refractivity contribution is 5.94. The van der Waals surface area contributed by atoms with Crippen molar-refractivity contribution >= 4 is 17.7 Å². The normalized spacial score (nSPS) is 15.2. The van der Waals surface area contributed by atoms with E-state index in [0.717, 1.165) is 12.8 Å². The minimum absolute atomic E-state index is 0.0163.